The predicted molar refractivity (Wildman–Crippen MR) is 83.9 cm³/mol. The number of halogens is 1. The number of fused-ring (bicyclic) bond motifs is 1. The van der Waals surface area contributed by atoms with Crippen LogP contribution in [0.1, 0.15) is 37.4 Å². The molecule has 102 valence electrons. The van der Waals surface area contributed by atoms with Crippen LogP contribution in [0.2, 0.25) is 0 Å². The maximum atomic E-state index is 5.95. The Labute approximate surface area is 125 Å². The summed E-state index contributed by atoms with van der Waals surface area (Å²) in [6, 6.07) is 0. The minimum atomic E-state index is 0.514. The zero-order valence-corrected chi connectivity index (χ0v) is 12.9. The first-order valence-corrected chi connectivity index (χ1v) is 7.76. The molecule has 0 aliphatic heterocycles. The first-order valence-electron chi connectivity index (χ1n) is 6.68. The van der Waals surface area contributed by atoms with Crippen molar-refractivity contribution in [2.24, 2.45) is 11.7 Å². The molecule has 19 heavy (non-hydrogen) atoms. The van der Waals surface area contributed by atoms with Crippen LogP contribution < -0.4 is 11.5 Å². The van der Waals surface area contributed by atoms with Crippen LogP contribution in [-0.4, -0.2) is 20.9 Å². The van der Waals surface area contributed by atoms with Crippen LogP contribution in [-0.2, 0) is 0 Å². The minimum absolute atomic E-state index is 0.514. The molecule has 0 amide bonds. The molecule has 0 radical (unpaired) electrons. The minimum Gasteiger partial charge on any atom is -0.382 e. The standard InChI is InChI=1S/C13H18IN5/c14-11-10-12(16)17-5-6-19(10)13(18-11)9-3-1-8(7-15)2-4-9/h5-6,8-9H,1-4,7,15H2,(H2,16,17). The lowest BCUT2D eigenvalue weighted by Gasteiger charge is -2.26. The number of rotatable bonds is 2. The zero-order valence-electron chi connectivity index (χ0n) is 10.7. The maximum Gasteiger partial charge on any atom is 0.150 e. The van der Waals surface area contributed by atoms with Gasteiger partial charge in [-0.05, 0) is 60.7 Å². The number of nitrogens with two attached hydrogens (primary N) is 2. The van der Waals surface area contributed by atoms with Gasteiger partial charge in [-0.2, -0.15) is 0 Å². The summed E-state index contributed by atoms with van der Waals surface area (Å²) in [5, 5.41) is 0. The van der Waals surface area contributed by atoms with Gasteiger partial charge in [0.25, 0.3) is 0 Å². The van der Waals surface area contributed by atoms with Gasteiger partial charge in [-0.1, -0.05) is 0 Å². The molecule has 0 atom stereocenters. The Hall–Kier alpha value is -0.890. The molecule has 0 spiro atoms. The van der Waals surface area contributed by atoms with Crippen molar-refractivity contribution in [1.29, 1.82) is 0 Å². The quantitative estimate of drug-likeness (QED) is 0.793. The van der Waals surface area contributed by atoms with E-state index in [4.69, 9.17) is 16.5 Å². The molecule has 1 saturated carbocycles. The number of imidazole rings is 1. The molecule has 5 nitrogen and oxygen atoms in total. The fourth-order valence-electron chi connectivity index (χ4n) is 2.99. The van der Waals surface area contributed by atoms with Crippen LogP contribution in [0.15, 0.2) is 12.4 Å². The van der Waals surface area contributed by atoms with Crippen molar-refractivity contribution < 1.29 is 0 Å². The summed E-state index contributed by atoms with van der Waals surface area (Å²) in [4.78, 5) is 8.87. The summed E-state index contributed by atoms with van der Waals surface area (Å²) >= 11 is 2.24. The molecule has 2 aromatic heterocycles. The molecule has 1 aliphatic rings. The summed E-state index contributed by atoms with van der Waals surface area (Å²) in [5.74, 6) is 2.89. The van der Waals surface area contributed by atoms with E-state index in [2.05, 4.69) is 32.0 Å². The Morgan fingerprint density at radius 1 is 1.32 bits per heavy atom. The number of hydrogen-bond donors (Lipinski definition) is 2. The largest absolute Gasteiger partial charge is 0.382 e. The lowest BCUT2D eigenvalue weighted by Crippen LogP contribution is -2.21. The van der Waals surface area contributed by atoms with Crippen LogP contribution in [0.5, 0.6) is 0 Å². The van der Waals surface area contributed by atoms with E-state index in [1.807, 2.05) is 6.20 Å². The van der Waals surface area contributed by atoms with Crippen molar-refractivity contribution in [2.75, 3.05) is 12.3 Å². The van der Waals surface area contributed by atoms with Gasteiger partial charge in [0.2, 0.25) is 0 Å². The molecular formula is C13H18IN5. The first kappa shape index (κ1) is 13.1. The number of nitrogen functional groups attached to an aromatic ring is 1. The number of hydrogen-bond acceptors (Lipinski definition) is 4. The van der Waals surface area contributed by atoms with E-state index in [1.54, 1.807) is 6.20 Å². The molecule has 2 heterocycles. The second kappa shape index (κ2) is 5.24. The third kappa shape index (κ3) is 2.31. The van der Waals surface area contributed by atoms with Crippen molar-refractivity contribution in [2.45, 2.75) is 31.6 Å². The van der Waals surface area contributed by atoms with E-state index in [0.29, 0.717) is 17.7 Å². The smallest absolute Gasteiger partial charge is 0.150 e. The predicted octanol–water partition coefficient (Wildman–Crippen LogP) is 2.15. The van der Waals surface area contributed by atoms with E-state index in [9.17, 15) is 0 Å². The fourth-order valence-corrected chi connectivity index (χ4v) is 3.77. The van der Waals surface area contributed by atoms with Crippen molar-refractivity contribution in [3.63, 3.8) is 0 Å². The Balaban J connectivity index is 1.96. The van der Waals surface area contributed by atoms with Crippen molar-refractivity contribution in [3.8, 4) is 0 Å². The van der Waals surface area contributed by atoms with Gasteiger partial charge in [-0.25, -0.2) is 9.97 Å². The van der Waals surface area contributed by atoms with E-state index >= 15 is 0 Å². The van der Waals surface area contributed by atoms with Crippen LogP contribution in [0, 0.1) is 9.62 Å². The van der Waals surface area contributed by atoms with Crippen LogP contribution in [0.25, 0.3) is 5.52 Å². The normalized spacial score (nSPS) is 23.9. The molecule has 0 unspecified atom stereocenters. The first-order chi connectivity index (χ1) is 9.20. The van der Waals surface area contributed by atoms with Crippen LogP contribution >= 0.6 is 22.6 Å². The van der Waals surface area contributed by atoms with Gasteiger partial charge in [0.15, 0.2) is 5.82 Å². The van der Waals surface area contributed by atoms with Crippen molar-refractivity contribution >= 4 is 33.9 Å². The summed E-state index contributed by atoms with van der Waals surface area (Å²) in [5.41, 5.74) is 12.6. The van der Waals surface area contributed by atoms with Gasteiger partial charge in [-0.3, -0.25) is 4.40 Å². The molecule has 0 bridgehead atoms. The molecule has 6 heteroatoms. The highest BCUT2D eigenvalue weighted by atomic mass is 127. The number of anilines is 1. The van der Waals surface area contributed by atoms with Gasteiger partial charge in [0, 0.05) is 18.3 Å². The molecular weight excluding hydrogens is 353 g/mol. The van der Waals surface area contributed by atoms with Gasteiger partial charge < -0.3 is 11.5 Å². The van der Waals surface area contributed by atoms with E-state index in [1.165, 1.54) is 25.7 Å². The van der Waals surface area contributed by atoms with Crippen molar-refractivity contribution in [1.82, 2.24) is 14.4 Å². The molecule has 4 N–H and O–H groups in total. The average molecular weight is 371 g/mol. The summed E-state index contributed by atoms with van der Waals surface area (Å²) in [7, 11) is 0. The highest BCUT2D eigenvalue weighted by Crippen LogP contribution is 2.36. The Kier molecular flexibility index (Phi) is 3.62. The molecule has 1 aliphatic carbocycles. The van der Waals surface area contributed by atoms with Crippen molar-refractivity contribution in [3.05, 3.63) is 21.9 Å². The average Bonchev–Trinajstić information content (AvgIpc) is 2.78. The Morgan fingerprint density at radius 3 is 2.74 bits per heavy atom. The molecule has 0 saturated heterocycles. The van der Waals surface area contributed by atoms with Gasteiger partial charge in [0.05, 0.1) is 0 Å². The summed E-state index contributed by atoms with van der Waals surface area (Å²) in [6.07, 6.45) is 8.44. The molecule has 3 rings (SSSR count). The Morgan fingerprint density at radius 2 is 2.05 bits per heavy atom. The molecule has 0 aromatic carbocycles. The SMILES string of the molecule is NCC1CCC(c2nc(I)c3c(N)nccn23)CC1. The molecule has 1 fully saturated rings. The molecule has 2 aromatic rings. The second-order valence-electron chi connectivity index (χ2n) is 5.25. The van der Waals surface area contributed by atoms with Gasteiger partial charge in [0.1, 0.15) is 15.0 Å². The number of aromatic nitrogens is 3. The summed E-state index contributed by atoms with van der Waals surface area (Å²) < 4.78 is 3.05. The van der Waals surface area contributed by atoms with Crippen LogP contribution in [0.3, 0.4) is 0 Å². The van der Waals surface area contributed by atoms with E-state index in [0.717, 1.165) is 21.6 Å². The van der Waals surface area contributed by atoms with E-state index < -0.39 is 0 Å². The van der Waals surface area contributed by atoms with Gasteiger partial charge in [-0.15, -0.1) is 0 Å². The second-order valence-corrected chi connectivity index (χ2v) is 6.27. The highest BCUT2D eigenvalue weighted by Gasteiger charge is 2.26. The third-order valence-electron chi connectivity index (χ3n) is 4.11. The summed E-state index contributed by atoms with van der Waals surface area (Å²) in [6.45, 7) is 0.809. The lowest BCUT2D eigenvalue weighted by molar-refractivity contribution is 0.325. The van der Waals surface area contributed by atoms with Crippen LogP contribution in [0.4, 0.5) is 5.82 Å². The maximum absolute atomic E-state index is 5.95. The fraction of sp³-hybridized carbons (Fsp3) is 0.538. The van der Waals surface area contributed by atoms with Gasteiger partial charge >= 0.3 is 0 Å². The third-order valence-corrected chi connectivity index (χ3v) is 4.87. The number of nitrogens with zero attached hydrogens (tertiary/aromatic N) is 3. The lowest BCUT2D eigenvalue weighted by atomic mass is 9.81. The highest BCUT2D eigenvalue weighted by molar-refractivity contribution is 14.1. The Bertz CT molecular complexity index is 586. The topological polar surface area (TPSA) is 82.2 Å². The monoisotopic (exact) mass is 371 g/mol. The van der Waals surface area contributed by atoms with E-state index in [-0.39, 0.29) is 0 Å². The zero-order chi connectivity index (χ0) is 13.4.